The normalized spacial score (nSPS) is 32.4. The first kappa shape index (κ1) is 22.0. The van der Waals surface area contributed by atoms with Crippen molar-refractivity contribution in [2.75, 3.05) is 26.2 Å². The lowest BCUT2D eigenvalue weighted by atomic mass is 9.94. The van der Waals surface area contributed by atoms with E-state index in [0.29, 0.717) is 38.0 Å². The van der Waals surface area contributed by atoms with E-state index in [0.717, 1.165) is 32.1 Å². The molecule has 2 saturated heterocycles. The lowest BCUT2D eigenvalue weighted by Gasteiger charge is -2.39. The van der Waals surface area contributed by atoms with Crippen molar-refractivity contribution in [3.8, 4) is 0 Å². The van der Waals surface area contributed by atoms with E-state index in [2.05, 4.69) is 19.2 Å². The standard InChI is InChI=1S/C21H39N3O3S/c1-17-13-18(2)15-24(14-17)28(26,27)23-12-8-9-19(16-23)21(25)22-20-10-6-4-3-5-7-11-20/h17-20H,3-16H2,1-2H3,(H,22,25). The number of carbonyl (C=O) groups is 1. The third-order valence-corrected chi connectivity index (χ3v) is 8.63. The van der Waals surface area contributed by atoms with E-state index in [1.165, 1.54) is 32.1 Å². The van der Waals surface area contributed by atoms with Crippen LogP contribution >= 0.6 is 0 Å². The van der Waals surface area contributed by atoms with Gasteiger partial charge >= 0.3 is 0 Å². The summed E-state index contributed by atoms with van der Waals surface area (Å²) < 4.78 is 29.6. The summed E-state index contributed by atoms with van der Waals surface area (Å²) in [6.07, 6.45) is 10.9. The summed E-state index contributed by atoms with van der Waals surface area (Å²) in [5, 5.41) is 3.25. The fourth-order valence-electron chi connectivity index (χ4n) is 5.24. The van der Waals surface area contributed by atoms with Crippen molar-refractivity contribution in [1.29, 1.82) is 0 Å². The summed E-state index contributed by atoms with van der Waals surface area (Å²) in [5.41, 5.74) is 0. The van der Waals surface area contributed by atoms with E-state index in [1.807, 2.05) is 0 Å². The van der Waals surface area contributed by atoms with Gasteiger partial charge in [0.1, 0.15) is 0 Å². The van der Waals surface area contributed by atoms with E-state index in [-0.39, 0.29) is 17.9 Å². The van der Waals surface area contributed by atoms with E-state index in [9.17, 15) is 13.2 Å². The Labute approximate surface area is 171 Å². The molecule has 3 atom stereocenters. The summed E-state index contributed by atoms with van der Waals surface area (Å²) in [7, 11) is -3.47. The van der Waals surface area contributed by atoms with Gasteiger partial charge in [0, 0.05) is 32.2 Å². The number of nitrogens with one attached hydrogen (secondary N) is 1. The Morgan fingerprint density at radius 1 is 0.821 bits per heavy atom. The second kappa shape index (κ2) is 9.90. The Bertz CT molecular complexity index is 606. The summed E-state index contributed by atoms with van der Waals surface area (Å²) >= 11 is 0. The second-order valence-electron chi connectivity index (χ2n) is 9.52. The molecule has 0 aromatic rings. The average molecular weight is 414 g/mol. The minimum Gasteiger partial charge on any atom is -0.353 e. The van der Waals surface area contributed by atoms with Crippen LogP contribution in [0.3, 0.4) is 0 Å². The number of rotatable bonds is 4. The Hall–Kier alpha value is -0.660. The summed E-state index contributed by atoms with van der Waals surface area (Å²) in [6.45, 7) is 6.32. The summed E-state index contributed by atoms with van der Waals surface area (Å²) in [6, 6.07) is 0.267. The molecule has 0 bridgehead atoms. The zero-order valence-electron chi connectivity index (χ0n) is 17.7. The van der Waals surface area contributed by atoms with Gasteiger partial charge in [-0.05, 0) is 43.9 Å². The van der Waals surface area contributed by atoms with Crippen LogP contribution in [0.2, 0.25) is 0 Å². The topological polar surface area (TPSA) is 69.7 Å². The number of nitrogens with zero attached hydrogens (tertiary/aromatic N) is 2. The zero-order valence-corrected chi connectivity index (χ0v) is 18.6. The zero-order chi connectivity index (χ0) is 20.1. The molecule has 1 N–H and O–H groups in total. The minimum absolute atomic E-state index is 0.0610. The van der Waals surface area contributed by atoms with Gasteiger partial charge in [-0.15, -0.1) is 0 Å². The van der Waals surface area contributed by atoms with Gasteiger partial charge in [-0.25, -0.2) is 0 Å². The maximum absolute atomic E-state index is 13.2. The van der Waals surface area contributed by atoms with Gasteiger partial charge in [0.05, 0.1) is 5.92 Å². The van der Waals surface area contributed by atoms with E-state index >= 15 is 0 Å². The van der Waals surface area contributed by atoms with Crippen LogP contribution in [0.5, 0.6) is 0 Å². The van der Waals surface area contributed by atoms with Gasteiger partial charge in [0.15, 0.2) is 0 Å². The van der Waals surface area contributed by atoms with E-state index < -0.39 is 10.2 Å². The molecule has 1 saturated carbocycles. The first-order valence-electron chi connectivity index (χ1n) is 11.4. The van der Waals surface area contributed by atoms with Crippen molar-refractivity contribution in [1.82, 2.24) is 13.9 Å². The van der Waals surface area contributed by atoms with Crippen LogP contribution < -0.4 is 5.32 Å². The third-order valence-electron chi connectivity index (χ3n) is 6.69. The molecule has 2 heterocycles. The van der Waals surface area contributed by atoms with Crippen molar-refractivity contribution in [2.45, 2.75) is 84.1 Å². The van der Waals surface area contributed by atoms with Gasteiger partial charge in [0.2, 0.25) is 5.91 Å². The molecule has 0 aromatic heterocycles. The SMILES string of the molecule is CC1CC(C)CN(S(=O)(=O)N2CCCC(C(=O)NC3CCCCCCC3)C2)C1. The molecule has 1 aliphatic carbocycles. The van der Waals surface area contributed by atoms with Crippen molar-refractivity contribution in [3.05, 3.63) is 0 Å². The second-order valence-corrected chi connectivity index (χ2v) is 11.4. The molecule has 3 aliphatic rings. The fourth-order valence-corrected chi connectivity index (χ4v) is 7.18. The molecule has 28 heavy (non-hydrogen) atoms. The Kier molecular flexibility index (Phi) is 7.79. The van der Waals surface area contributed by atoms with Gasteiger partial charge in [-0.3, -0.25) is 4.79 Å². The van der Waals surface area contributed by atoms with Crippen molar-refractivity contribution >= 4 is 16.1 Å². The monoisotopic (exact) mass is 413 g/mol. The highest BCUT2D eigenvalue weighted by Crippen LogP contribution is 2.28. The molecule has 0 spiro atoms. The van der Waals surface area contributed by atoms with Crippen molar-refractivity contribution in [2.24, 2.45) is 17.8 Å². The number of piperidine rings is 2. The van der Waals surface area contributed by atoms with Gasteiger partial charge < -0.3 is 5.32 Å². The van der Waals surface area contributed by atoms with Crippen molar-refractivity contribution < 1.29 is 13.2 Å². The highest BCUT2D eigenvalue weighted by atomic mass is 32.2. The molecule has 3 rings (SSSR count). The van der Waals surface area contributed by atoms with Crippen molar-refractivity contribution in [3.63, 3.8) is 0 Å². The Morgan fingerprint density at radius 2 is 1.43 bits per heavy atom. The number of carbonyl (C=O) groups excluding carboxylic acids is 1. The Balaban J connectivity index is 1.58. The lowest BCUT2D eigenvalue weighted by Crippen LogP contribution is -2.54. The summed E-state index contributed by atoms with van der Waals surface area (Å²) in [5.74, 6) is 0.628. The molecule has 7 heteroatoms. The maximum atomic E-state index is 13.2. The maximum Gasteiger partial charge on any atom is 0.282 e. The molecule has 1 amide bonds. The van der Waals surface area contributed by atoms with Crippen LogP contribution in [0, 0.1) is 17.8 Å². The minimum atomic E-state index is -3.47. The molecule has 0 aromatic carbocycles. The lowest BCUT2D eigenvalue weighted by molar-refractivity contribution is -0.127. The third kappa shape index (κ3) is 5.70. The first-order chi connectivity index (χ1) is 13.4. The van der Waals surface area contributed by atoms with E-state index in [1.54, 1.807) is 8.61 Å². The largest absolute Gasteiger partial charge is 0.353 e. The molecule has 6 nitrogen and oxygen atoms in total. The Morgan fingerprint density at radius 3 is 2.07 bits per heavy atom. The molecular weight excluding hydrogens is 374 g/mol. The van der Waals surface area contributed by atoms with Gasteiger partial charge in [-0.2, -0.15) is 17.0 Å². The van der Waals surface area contributed by atoms with Crippen LogP contribution in [-0.4, -0.2) is 55.2 Å². The predicted octanol–water partition coefficient (Wildman–Crippen LogP) is 3.15. The highest BCUT2D eigenvalue weighted by Gasteiger charge is 2.38. The molecule has 3 fully saturated rings. The first-order valence-corrected chi connectivity index (χ1v) is 12.8. The molecule has 3 unspecified atom stereocenters. The highest BCUT2D eigenvalue weighted by molar-refractivity contribution is 7.86. The van der Waals surface area contributed by atoms with Gasteiger partial charge in [0.25, 0.3) is 10.2 Å². The smallest absolute Gasteiger partial charge is 0.282 e. The fraction of sp³-hybridized carbons (Fsp3) is 0.952. The number of amides is 1. The van der Waals surface area contributed by atoms with Crippen LogP contribution in [-0.2, 0) is 15.0 Å². The summed E-state index contributed by atoms with van der Waals surface area (Å²) in [4.78, 5) is 12.9. The number of hydrogen-bond acceptors (Lipinski definition) is 3. The molecule has 2 aliphatic heterocycles. The van der Waals surface area contributed by atoms with Crippen LogP contribution in [0.15, 0.2) is 0 Å². The van der Waals surface area contributed by atoms with Crippen LogP contribution in [0.25, 0.3) is 0 Å². The van der Waals surface area contributed by atoms with E-state index in [4.69, 9.17) is 0 Å². The number of hydrogen-bond donors (Lipinski definition) is 1. The predicted molar refractivity (Wildman–Crippen MR) is 112 cm³/mol. The van der Waals surface area contributed by atoms with Crippen LogP contribution in [0.1, 0.15) is 78.1 Å². The quantitative estimate of drug-likeness (QED) is 0.770. The van der Waals surface area contributed by atoms with Gasteiger partial charge in [-0.1, -0.05) is 46.0 Å². The molecule has 162 valence electrons. The van der Waals surface area contributed by atoms with Crippen LogP contribution in [0.4, 0.5) is 0 Å². The molecular formula is C21H39N3O3S. The average Bonchev–Trinajstić information content (AvgIpc) is 2.63. The molecule has 0 radical (unpaired) electrons.